The molecule has 0 radical (unpaired) electrons. The van der Waals surface area contributed by atoms with Crippen LogP contribution in [-0.2, 0) is 0 Å². The van der Waals surface area contributed by atoms with Gasteiger partial charge in [0.25, 0.3) is 0 Å². The summed E-state index contributed by atoms with van der Waals surface area (Å²) in [6.07, 6.45) is 0.248. The number of alkyl halides is 3. The van der Waals surface area contributed by atoms with Crippen molar-refractivity contribution in [1.82, 2.24) is 5.32 Å². The fourth-order valence-electron chi connectivity index (χ4n) is 1.48. The van der Waals surface area contributed by atoms with Gasteiger partial charge in [-0.2, -0.15) is 0 Å². The summed E-state index contributed by atoms with van der Waals surface area (Å²) in [4.78, 5) is 0. The molecule has 19 heavy (non-hydrogen) atoms. The third-order valence-electron chi connectivity index (χ3n) is 2.41. The largest absolute Gasteiger partial charge is 0.573 e. The first-order valence-corrected chi connectivity index (χ1v) is 6.18. The summed E-state index contributed by atoms with van der Waals surface area (Å²) in [5.41, 5.74) is 0.833. The molecule has 0 heterocycles. The molecule has 0 aliphatic rings. The lowest BCUT2D eigenvalue weighted by molar-refractivity contribution is -0.274. The van der Waals surface area contributed by atoms with Crippen LogP contribution in [0.4, 0.5) is 13.2 Å². The van der Waals surface area contributed by atoms with Gasteiger partial charge in [-0.15, -0.1) is 13.2 Å². The van der Waals surface area contributed by atoms with Gasteiger partial charge in [-0.3, -0.25) is 0 Å². The Morgan fingerprint density at radius 3 is 2.42 bits per heavy atom. The molecule has 1 unspecified atom stereocenters. The highest BCUT2D eigenvalue weighted by Gasteiger charge is 2.30. The number of hydrogen-bond donors (Lipinski definition) is 1. The molecule has 106 valence electrons. The van der Waals surface area contributed by atoms with Crippen molar-refractivity contribution in [1.29, 1.82) is 0 Å². The summed E-state index contributed by atoms with van der Waals surface area (Å²) in [6.45, 7) is 5.04. The minimum absolute atomic E-state index is 0.207. The number of benzene rings is 1. The summed E-state index contributed by atoms with van der Waals surface area (Å²) in [7, 11) is 0. The van der Waals surface area contributed by atoms with Gasteiger partial charge in [-0.1, -0.05) is 31.2 Å². The predicted octanol–water partition coefficient (Wildman–Crippen LogP) is 3.99. The zero-order valence-electron chi connectivity index (χ0n) is 11.0. The van der Waals surface area contributed by atoms with E-state index in [-0.39, 0.29) is 11.8 Å². The van der Waals surface area contributed by atoms with E-state index in [1.165, 1.54) is 12.1 Å². The van der Waals surface area contributed by atoms with E-state index in [9.17, 15) is 13.2 Å². The Labute approximate surface area is 111 Å². The minimum Gasteiger partial charge on any atom is -0.406 e. The molecule has 2 nitrogen and oxygen atoms in total. The van der Waals surface area contributed by atoms with Crippen LogP contribution < -0.4 is 10.1 Å². The van der Waals surface area contributed by atoms with E-state index in [0.717, 1.165) is 18.5 Å². The highest BCUT2D eigenvalue weighted by atomic mass is 19.4. The van der Waals surface area contributed by atoms with Gasteiger partial charge >= 0.3 is 6.36 Å². The van der Waals surface area contributed by atoms with E-state index in [1.807, 2.05) is 19.1 Å². The number of hydrogen-bond acceptors (Lipinski definition) is 2. The summed E-state index contributed by atoms with van der Waals surface area (Å²) in [6, 6.07) is 6.01. The molecule has 0 aromatic heterocycles. The van der Waals surface area contributed by atoms with Crippen molar-refractivity contribution in [2.75, 3.05) is 6.54 Å². The van der Waals surface area contributed by atoms with Crippen molar-refractivity contribution in [3.05, 3.63) is 35.9 Å². The Hall–Kier alpha value is -1.49. The van der Waals surface area contributed by atoms with Gasteiger partial charge in [0.1, 0.15) is 5.75 Å². The maximum atomic E-state index is 12.0. The van der Waals surface area contributed by atoms with Crippen molar-refractivity contribution in [3.8, 4) is 5.75 Å². The summed E-state index contributed by atoms with van der Waals surface area (Å²) in [5, 5.41) is 3.28. The molecular weight excluding hydrogens is 255 g/mol. The van der Waals surface area contributed by atoms with E-state index in [2.05, 4.69) is 17.0 Å². The molecule has 0 saturated heterocycles. The van der Waals surface area contributed by atoms with Crippen molar-refractivity contribution < 1.29 is 17.9 Å². The van der Waals surface area contributed by atoms with Crippen LogP contribution in [0.5, 0.6) is 5.75 Å². The minimum atomic E-state index is -4.64. The van der Waals surface area contributed by atoms with Gasteiger partial charge in [0.15, 0.2) is 0 Å². The number of ether oxygens (including phenoxy) is 1. The van der Waals surface area contributed by atoms with E-state index in [1.54, 1.807) is 12.1 Å². The normalized spacial score (nSPS) is 13.7. The van der Waals surface area contributed by atoms with Gasteiger partial charge in [0, 0.05) is 6.04 Å². The second-order valence-electron chi connectivity index (χ2n) is 4.22. The van der Waals surface area contributed by atoms with Crippen LogP contribution in [0.1, 0.15) is 25.8 Å². The van der Waals surface area contributed by atoms with Crippen molar-refractivity contribution in [2.45, 2.75) is 32.7 Å². The third kappa shape index (κ3) is 6.86. The average molecular weight is 273 g/mol. The van der Waals surface area contributed by atoms with Crippen molar-refractivity contribution in [2.24, 2.45) is 0 Å². The molecule has 0 saturated carbocycles. The molecule has 0 aliphatic heterocycles. The molecule has 0 spiro atoms. The Bertz CT molecular complexity index is 398. The molecule has 0 amide bonds. The number of halogens is 3. The molecule has 0 bridgehead atoms. The van der Waals surface area contributed by atoms with E-state index in [0.29, 0.717) is 0 Å². The molecule has 0 aliphatic carbocycles. The maximum absolute atomic E-state index is 12.0. The fraction of sp³-hybridized carbons (Fsp3) is 0.429. The van der Waals surface area contributed by atoms with E-state index < -0.39 is 6.36 Å². The van der Waals surface area contributed by atoms with Gasteiger partial charge in [0.2, 0.25) is 0 Å². The van der Waals surface area contributed by atoms with Gasteiger partial charge < -0.3 is 10.1 Å². The first-order valence-electron chi connectivity index (χ1n) is 6.18. The van der Waals surface area contributed by atoms with E-state index >= 15 is 0 Å². The first kappa shape index (κ1) is 15.6. The summed E-state index contributed by atoms with van der Waals surface area (Å²) < 4.78 is 39.7. The van der Waals surface area contributed by atoms with Crippen LogP contribution in [0.2, 0.25) is 0 Å². The Morgan fingerprint density at radius 1 is 1.26 bits per heavy atom. The van der Waals surface area contributed by atoms with Crippen molar-refractivity contribution in [3.63, 3.8) is 0 Å². The standard InChI is InChI=1S/C14H18F3NO/c1-3-10-18-11(2)4-5-12-6-8-13(9-7-12)19-14(15,16)17/h4-9,11,18H,3,10H2,1-2H3/b5-4+. The second-order valence-corrected chi connectivity index (χ2v) is 4.22. The Kier molecular flexibility index (Phi) is 5.89. The molecule has 5 heteroatoms. The lowest BCUT2D eigenvalue weighted by atomic mass is 10.1. The molecule has 1 rings (SSSR count). The lowest BCUT2D eigenvalue weighted by Gasteiger charge is -2.09. The maximum Gasteiger partial charge on any atom is 0.573 e. The molecule has 1 aromatic rings. The monoisotopic (exact) mass is 273 g/mol. The second kappa shape index (κ2) is 7.19. The molecular formula is C14H18F3NO. The SMILES string of the molecule is CCCNC(C)/C=C/c1ccc(OC(F)(F)F)cc1. The van der Waals surface area contributed by atoms with Crippen LogP contribution >= 0.6 is 0 Å². The molecule has 1 aromatic carbocycles. The molecule has 1 atom stereocenters. The molecule has 0 fully saturated rings. The van der Waals surface area contributed by atoms with Crippen LogP contribution in [0.15, 0.2) is 30.3 Å². The van der Waals surface area contributed by atoms with Crippen LogP contribution in [0.25, 0.3) is 6.08 Å². The number of nitrogens with one attached hydrogen (secondary N) is 1. The summed E-state index contributed by atoms with van der Waals surface area (Å²) >= 11 is 0. The number of rotatable bonds is 6. The zero-order valence-corrected chi connectivity index (χ0v) is 11.0. The quantitative estimate of drug-likeness (QED) is 0.846. The first-order chi connectivity index (χ1) is 8.90. The highest BCUT2D eigenvalue weighted by Crippen LogP contribution is 2.22. The Morgan fingerprint density at radius 2 is 1.89 bits per heavy atom. The topological polar surface area (TPSA) is 21.3 Å². The zero-order chi connectivity index (χ0) is 14.3. The summed E-state index contributed by atoms with van der Waals surface area (Å²) in [5.74, 6) is -0.207. The highest BCUT2D eigenvalue weighted by molar-refractivity contribution is 5.51. The van der Waals surface area contributed by atoms with Gasteiger partial charge in [-0.05, 0) is 37.6 Å². The fourth-order valence-corrected chi connectivity index (χ4v) is 1.48. The predicted molar refractivity (Wildman–Crippen MR) is 69.9 cm³/mol. The van der Waals surface area contributed by atoms with Crippen LogP contribution in [0.3, 0.4) is 0 Å². The van der Waals surface area contributed by atoms with E-state index in [4.69, 9.17) is 0 Å². The van der Waals surface area contributed by atoms with Crippen LogP contribution in [-0.4, -0.2) is 18.9 Å². The van der Waals surface area contributed by atoms with Crippen LogP contribution in [0, 0.1) is 0 Å². The third-order valence-corrected chi connectivity index (χ3v) is 2.41. The average Bonchev–Trinajstić information content (AvgIpc) is 2.33. The Balaban J connectivity index is 2.54. The van der Waals surface area contributed by atoms with Crippen molar-refractivity contribution >= 4 is 6.08 Å². The smallest absolute Gasteiger partial charge is 0.406 e. The van der Waals surface area contributed by atoms with Gasteiger partial charge in [0.05, 0.1) is 0 Å². The molecule has 1 N–H and O–H groups in total. The lowest BCUT2D eigenvalue weighted by Crippen LogP contribution is -2.24. The van der Waals surface area contributed by atoms with Gasteiger partial charge in [-0.25, -0.2) is 0 Å².